The van der Waals surface area contributed by atoms with E-state index in [4.69, 9.17) is 16.0 Å². The number of imidazole rings is 1. The first kappa shape index (κ1) is 18.8. The minimum absolute atomic E-state index is 0.108. The van der Waals surface area contributed by atoms with Crippen LogP contribution in [0.15, 0.2) is 35.1 Å². The highest BCUT2D eigenvalue weighted by atomic mass is 35.5. The standard InChI is InChI=1S/C20H19ClN6O3/c1-10-18(30-19(24-10)11(2)28)20(29)26-7-5-13-16(23-9-22-13)17(26)14-8-15-12(21)4-3-6-27(15)25-14/h3-4,6,8-9,11,17,28H,5,7H2,1-2H3,(H,22,23)/t11?,17-/m1/s1. The van der Waals surface area contributed by atoms with Gasteiger partial charge < -0.3 is 19.4 Å². The molecule has 0 saturated carbocycles. The van der Waals surface area contributed by atoms with Crippen molar-refractivity contribution < 1.29 is 14.3 Å². The summed E-state index contributed by atoms with van der Waals surface area (Å²) in [5, 5.41) is 15.0. The average molecular weight is 427 g/mol. The Kier molecular flexibility index (Phi) is 4.37. The number of nitrogens with zero attached hydrogens (tertiary/aromatic N) is 5. The molecule has 0 fully saturated rings. The Bertz CT molecular complexity index is 1260. The summed E-state index contributed by atoms with van der Waals surface area (Å²) in [7, 11) is 0. The summed E-state index contributed by atoms with van der Waals surface area (Å²) >= 11 is 6.33. The molecule has 0 aromatic carbocycles. The van der Waals surface area contributed by atoms with Crippen molar-refractivity contribution in [3.63, 3.8) is 0 Å². The van der Waals surface area contributed by atoms with E-state index >= 15 is 0 Å². The molecule has 1 aliphatic rings. The second kappa shape index (κ2) is 6.96. The molecule has 2 atom stereocenters. The van der Waals surface area contributed by atoms with Gasteiger partial charge in [0.15, 0.2) is 0 Å². The number of halogens is 1. The molecule has 0 saturated heterocycles. The number of H-pyrrole nitrogens is 1. The zero-order valence-electron chi connectivity index (χ0n) is 16.3. The van der Waals surface area contributed by atoms with Crippen LogP contribution in [0.1, 0.15) is 58.3 Å². The molecule has 154 valence electrons. The van der Waals surface area contributed by atoms with Crippen LogP contribution >= 0.6 is 11.6 Å². The third kappa shape index (κ3) is 2.89. The summed E-state index contributed by atoms with van der Waals surface area (Å²) in [6.45, 7) is 3.68. The second-order valence-electron chi connectivity index (χ2n) is 7.32. The van der Waals surface area contributed by atoms with E-state index in [0.717, 1.165) is 16.9 Å². The fourth-order valence-corrected chi connectivity index (χ4v) is 4.07. The minimum atomic E-state index is -0.902. The lowest BCUT2D eigenvalue weighted by Gasteiger charge is -2.33. The number of aromatic nitrogens is 5. The van der Waals surface area contributed by atoms with Crippen molar-refractivity contribution >= 4 is 23.0 Å². The van der Waals surface area contributed by atoms with Crippen molar-refractivity contribution in [3.05, 3.63) is 70.2 Å². The molecular formula is C20H19ClN6O3. The molecule has 5 rings (SSSR count). The molecule has 30 heavy (non-hydrogen) atoms. The fraction of sp³-hybridized carbons (Fsp3) is 0.300. The molecule has 9 nitrogen and oxygen atoms in total. The number of aromatic amines is 1. The molecule has 0 radical (unpaired) electrons. The molecule has 10 heteroatoms. The van der Waals surface area contributed by atoms with E-state index in [1.54, 1.807) is 41.9 Å². The molecule has 4 aromatic rings. The molecule has 2 N–H and O–H groups in total. The van der Waals surface area contributed by atoms with E-state index < -0.39 is 12.1 Å². The Hall–Kier alpha value is -3.17. The number of oxazole rings is 1. The normalized spacial score (nSPS) is 17.3. The number of rotatable bonds is 3. The molecule has 5 heterocycles. The monoisotopic (exact) mass is 426 g/mol. The first-order chi connectivity index (χ1) is 14.4. The fourth-order valence-electron chi connectivity index (χ4n) is 3.85. The van der Waals surface area contributed by atoms with Crippen LogP contribution in [0.25, 0.3) is 5.52 Å². The van der Waals surface area contributed by atoms with E-state index in [1.165, 1.54) is 0 Å². The highest BCUT2D eigenvalue weighted by Gasteiger charge is 2.38. The van der Waals surface area contributed by atoms with E-state index in [9.17, 15) is 9.90 Å². The number of aliphatic hydroxyl groups is 1. The number of carbonyl (C=O) groups excluding carboxylic acids is 1. The van der Waals surface area contributed by atoms with Gasteiger partial charge >= 0.3 is 0 Å². The first-order valence-electron chi connectivity index (χ1n) is 9.56. The van der Waals surface area contributed by atoms with Gasteiger partial charge in [-0.3, -0.25) is 4.79 Å². The number of nitrogens with one attached hydrogen (secondary N) is 1. The van der Waals surface area contributed by atoms with Crippen LogP contribution in [0, 0.1) is 6.92 Å². The number of amides is 1. The summed E-state index contributed by atoms with van der Waals surface area (Å²) in [5.74, 6) is -0.102. The van der Waals surface area contributed by atoms with Crippen molar-refractivity contribution in [3.8, 4) is 0 Å². The van der Waals surface area contributed by atoms with Gasteiger partial charge in [-0.15, -0.1) is 0 Å². The largest absolute Gasteiger partial charge is 0.432 e. The van der Waals surface area contributed by atoms with Gasteiger partial charge in [0.1, 0.15) is 12.1 Å². The Morgan fingerprint density at radius 3 is 3.03 bits per heavy atom. The predicted molar refractivity (Wildman–Crippen MR) is 107 cm³/mol. The number of hydrogen-bond acceptors (Lipinski definition) is 6. The maximum atomic E-state index is 13.5. The minimum Gasteiger partial charge on any atom is -0.432 e. The second-order valence-corrected chi connectivity index (χ2v) is 7.72. The highest BCUT2D eigenvalue weighted by molar-refractivity contribution is 6.33. The van der Waals surface area contributed by atoms with Gasteiger partial charge in [-0.25, -0.2) is 14.5 Å². The molecule has 4 aromatic heterocycles. The Morgan fingerprint density at radius 1 is 1.47 bits per heavy atom. The van der Waals surface area contributed by atoms with Crippen molar-refractivity contribution in [2.24, 2.45) is 0 Å². The van der Waals surface area contributed by atoms with E-state index in [2.05, 4.69) is 20.1 Å². The highest BCUT2D eigenvalue weighted by Crippen LogP contribution is 2.35. The summed E-state index contributed by atoms with van der Waals surface area (Å²) in [5.41, 5.74) is 3.53. The third-order valence-electron chi connectivity index (χ3n) is 5.30. The van der Waals surface area contributed by atoms with Crippen molar-refractivity contribution in [2.45, 2.75) is 32.4 Å². The van der Waals surface area contributed by atoms with Crippen LogP contribution in [0.4, 0.5) is 0 Å². The van der Waals surface area contributed by atoms with Gasteiger partial charge in [-0.05, 0) is 32.0 Å². The topological polar surface area (TPSA) is 113 Å². The molecule has 1 amide bonds. The number of aliphatic hydroxyl groups excluding tert-OH is 1. The van der Waals surface area contributed by atoms with Crippen molar-refractivity contribution in [1.29, 1.82) is 0 Å². The van der Waals surface area contributed by atoms with E-state index in [0.29, 0.717) is 29.4 Å². The first-order valence-corrected chi connectivity index (χ1v) is 9.94. The third-order valence-corrected chi connectivity index (χ3v) is 5.62. The molecule has 0 spiro atoms. The quantitative estimate of drug-likeness (QED) is 0.521. The van der Waals surface area contributed by atoms with Crippen LogP contribution in [-0.2, 0) is 6.42 Å². The lowest BCUT2D eigenvalue weighted by molar-refractivity contribution is 0.0644. The lowest BCUT2D eigenvalue weighted by Crippen LogP contribution is -2.41. The van der Waals surface area contributed by atoms with Crippen LogP contribution in [-0.4, -0.2) is 47.0 Å². The maximum absolute atomic E-state index is 13.5. The lowest BCUT2D eigenvalue weighted by atomic mass is 9.99. The van der Waals surface area contributed by atoms with Gasteiger partial charge in [0.25, 0.3) is 5.91 Å². The molecular weight excluding hydrogens is 408 g/mol. The number of carbonyl (C=O) groups is 1. The van der Waals surface area contributed by atoms with Gasteiger partial charge in [-0.1, -0.05) is 11.6 Å². The average Bonchev–Trinajstić information content (AvgIpc) is 3.44. The predicted octanol–water partition coefficient (Wildman–Crippen LogP) is 2.85. The molecule has 0 aliphatic carbocycles. The SMILES string of the molecule is Cc1nc(C(C)O)oc1C(=O)N1CCc2[nH]cnc2[C@H]1c1cc2c(Cl)cccn2n1. The molecule has 0 bridgehead atoms. The van der Waals surface area contributed by atoms with E-state index in [-0.39, 0.29) is 17.6 Å². The van der Waals surface area contributed by atoms with Crippen LogP contribution < -0.4 is 0 Å². The van der Waals surface area contributed by atoms with Crippen LogP contribution in [0.2, 0.25) is 5.02 Å². The molecule has 1 unspecified atom stereocenters. The van der Waals surface area contributed by atoms with Crippen LogP contribution in [0.3, 0.4) is 0 Å². The summed E-state index contributed by atoms with van der Waals surface area (Å²) in [6.07, 6.45) is 3.16. The number of aryl methyl sites for hydroxylation is 1. The summed E-state index contributed by atoms with van der Waals surface area (Å²) in [4.78, 5) is 27.0. The molecule has 1 aliphatic heterocycles. The van der Waals surface area contributed by atoms with E-state index in [1.807, 2.05) is 12.1 Å². The zero-order valence-corrected chi connectivity index (χ0v) is 17.1. The summed E-state index contributed by atoms with van der Waals surface area (Å²) in [6, 6.07) is 4.96. The van der Waals surface area contributed by atoms with Crippen molar-refractivity contribution in [1.82, 2.24) is 29.5 Å². The number of hydrogen-bond donors (Lipinski definition) is 2. The Balaban J connectivity index is 1.62. The van der Waals surface area contributed by atoms with Crippen molar-refractivity contribution in [2.75, 3.05) is 6.54 Å². The van der Waals surface area contributed by atoms with Crippen LogP contribution in [0.5, 0.6) is 0 Å². The van der Waals surface area contributed by atoms with Gasteiger partial charge in [-0.2, -0.15) is 5.10 Å². The number of pyridine rings is 1. The van der Waals surface area contributed by atoms with Gasteiger partial charge in [0.2, 0.25) is 11.7 Å². The maximum Gasteiger partial charge on any atom is 0.292 e. The number of fused-ring (bicyclic) bond motifs is 2. The van der Waals surface area contributed by atoms with Gasteiger partial charge in [0.05, 0.1) is 33.9 Å². The smallest absolute Gasteiger partial charge is 0.292 e. The van der Waals surface area contributed by atoms with Gasteiger partial charge in [0, 0.05) is 24.9 Å². The summed E-state index contributed by atoms with van der Waals surface area (Å²) < 4.78 is 7.28. The zero-order chi connectivity index (χ0) is 21.0. The Labute approximate surface area is 176 Å². The Morgan fingerprint density at radius 2 is 2.30 bits per heavy atom.